The van der Waals surface area contributed by atoms with Crippen LogP contribution in [0.4, 0.5) is 5.69 Å². The Labute approximate surface area is 151 Å². The third-order valence-corrected chi connectivity index (χ3v) is 5.07. The molecule has 2 aromatic rings. The van der Waals surface area contributed by atoms with E-state index in [0.717, 1.165) is 23.5 Å². The molecule has 0 atom stereocenters. The van der Waals surface area contributed by atoms with Crippen LogP contribution in [0.25, 0.3) is 0 Å². The largest absolute Gasteiger partial charge is 0.465 e. The number of hydrogen-bond acceptors (Lipinski definition) is 5. The van der Waals surface area contributed by atoms with Crippen molar-refractivity contribution in [3.8, 4) is 0 Å². The number of anilines is 1. The molecule has 0 aliphatic carbocycles. The minimum atomic E-state index is -0.364. The van der Waals surface area contributed by atoms with Crippen molar-refractivity contribution in [2.24, 2.45) is 0 Å². The van der Waals surface area contributed by atoms with Gasteiger partial charge in [0, 0.05) is 23.7 Å². The lowest BCUT2D eigenvalue weighted by molar-refractivity contribution is -0.119. The lowest BCUT2D eigenvalue weighted by Crippen LogP contribution is -2.39. The van der Waals surface area contributed by atoms with Gasteiger partial charge < -0.3 is 15.0 Å². The molecule has 0 spiro atoms. The van der Waals surface area contributed by atoms with Crippen LogP contribution in [0.5, 0.6) is 0 Å². The van der Waals surface area contributed by atoms with Crippen LogP contribution in [0.2, 0.25) is 0 Å². The smallest absolute Gasteiger partial charge is 0.337 e. The number of benzene rings is 2. The fourth-order valence-corrected chi connectivity index (χ4v) is 3.75. The molecule has 3 rings (SSSR count). The second-order valence-electron chi connectivity index (χ2n) is 5.70. The van der Waals surface area contributed by atoms with Crippen molar-refractivity contribution in [3.63, 3.8) is 0 Å². The highest BCUT2D eigenvalue weighted by molar-refractivity contribution is 7.99. The van der Waals surface area contributed by atoms with E-state index in [2.05, 4.69) is 27.1 Å². The first kappa shape index (κ1) is 17.4. The summed E-state index contributed by atoms with van der Waals surface area (Å²) in [6.45, 7) is 1.64. The van der Waals surface area contributed by atoms with Crippen LogP contribution < -0.4 is 10.2 Å². The van der Waals surface area contributed by atoms with E-state index < -0.39 is 0 Å². The number of fused-ring (bicyclic) bond motifs is 1. The van der Waals surface area contributed by atoms with Gasteiger partial charge in [0.15, 0.2) is 0 Å². The summed E-state index contributed by atoms with van der Waals surface area (Å²) in [5, 5.41) is 2.94. The average molecular weight is 356 g/mol. The quantitative estimate of drug-likeness (QED) is 0.835. The Bertz CT molecular complexity index is 762. The minimum Gasteiger partial charge on any atom is -0.465 e. The molecule has 1 N–H and O–H groups in total. The van der Waals surface area contributed by atoms with E-state index in [0.29, 0.717) is 18.7 Å². The van der Waals surface area contributed by atoms with Gasteiger partial charge in [-0.05, 0) is 29.8 Å². The summed E-state index contributed by atoms with van der Waals surface area (Å²) in [6.07, 6.45) is 0. The zero-order valence-corrected chi connectivity index (χ0v) is 14.8. The molecule has 6 heteroatoms. The van der Waals surface area contributed by atoms with Crippen molar-refractivity contribution in [2.45, 2.75) is 11.4 Å². The maximum absolute atomic E-state index is 12.3. The van der Waals surface area contributed by atoms with Crippen LogP contribution in [-0.2, 0) is 16.1 Å². The van der Waals surface area contributed by atoms with E-state index in [1.807, 2.05) is 36.0 Å². The number of amides is 1. The standard InChI is InChI=1S/C19H20N2O3S/c1-24-19(23)15-8-6-14(7-9-15)12-20-18(22)13-21-10-11-25-17-5-3-2-4-16(17)21/h2-9H,10-13H2,1H3,(H,20,22). The van der Waals surface area contributed by atoms with E-state index in [1.165, 1.54) is 12.0 Å². The van der Waals surface area contributed by atoms with Crippen molar-refractivity contribution in [2.75, 3.05) is 30.9 Å². The molecule has 0 bridgehead atoms. The number of carbonyl (C=O) groups excluding carboxylic acids is 2. The van der Waals surface area contributed by atoms with Gasteiger partial charge in [-0.15, -0.1) is 11.8 Å². The Balaban J connectivity index is 1.54. The predicted molar refractivity (Wildman–Crippen MR) is 99.0 cm³/mol. The summed E-state index contributed by atoms with van der Waals surface area (Å²) in [4.78, 5) is 27.0. The van der Waals surface area contributed by atoms with Gasteiger partial charge in [-0.3, -0.25) is 4.79 Å². The molecule has 0 saturated heterocycles. The zero-order chi connectivity index (χ0) is 17.6. The third-order valence-electron chi connectivity index (χ3n) is 4.02. The SMILES string of the molecule is COC(=O)c1ccc(CNC(=O)CN2CCSc3ccccc32)cc1. The van der Waals surface area contributed by atoms with Crippen LogP contribution in [0.1, 0.15) is 15.9 Å². The number of hydrogen-bond donors (Lipinski definition) is 1. The highest BCUT2D eigenvalue weighted by Gasteiger charge is 2.18. The molecule has 1 aliphatic heterocycles. The Morgan fingerprint density at radius 2 is 1.92 bits per heavy atom. The first-order valence-corrected chi connectivity index (χ1v) is 9.06. The van der Waals surface area contributed by atoms with E-state index >= 15 is 0 Å². The van der Waals surface area contributed by atoms with Crippen LogP contribution in [0, 0.1) is 0 Å². The third kappa shape index (κ3) is 4.33. The monoisotopic (exact) mass is 356 g/mol. The van der Waals surface area contributed by atoms with Gasteiger partial charge in [0.05, 0.1) is 24.9 Å². The second kappa shape index (κ2) is 8.07. The second-order valence-corrected chi connectivity index (χ2v) is 6.84. The Morgan fingerprint density at radius 3 is 2.68 bits per heavy atom. The number of carbonyl (C=O) groups is 2. The highest BCUT2D eigenvalue weighted by Crippen LogP contribution is 2.33. The van der Waals surface area contributed by atoms with Crippen molar-refractivity contribution in [3.05, 3.63) is 59.7 Å². The highest BCUT2D eigenvalue weighted by atomic mass is 32.2. The van der Waals surface area contributed by atoms with Crippen LogP contribution >= 0.6 is 11.8 Å². The molecule has 0 radical (unpaired) electrons. The molecule has 1 amide bonds. The maximum atomic E-state index is 12.3. The topological polar surface area (TPSA) is 58.6 Å². The number of para-hydroxylation sites is 1. The summed E-state index contributed by atoms with van der Waals surface area (Å²) in [5.41, 5.74) is 2.56. The molecular formula is C19H20N2O3S. The Morgan fingerprint density at radius 1 is 1.16 bits per heavy atom. The minimum absolute atomic E-state index is 0.0150. The molecule has 0 aromatic heterocycles. The van der Waals surface area contributed by atoms with Crippen LogP contribution in [-0.4, -0.2) is 37.8 Å². The molecule has 25 heavy (non-hydrogen) atoms. The maximum Gasteiger partial charge on any atom is 0.337 e. The van der Waals surface area contributed by atoms with E-state index in [9.17, 15) is 9.59 Å². The number of esters is 1. The van der Waals surface area contributed by atoms with E-state index in [1.54, 1.807) is 12.1 Å². The molecule has 1 aliphatic rings. The Kier molecular flexibility index (Phi) is 5.60. The Hall–Kier alpha value is -2.47. The van der Waals surface area contributed by atoms with Gasteiger partial charge in [0.25, 0.3) is 0 Å². The summed E-state index contributed by atoms with van der Waals surface area (Å²) in [7, 11) is 1.35. The van der Waals surface area contributed by atoms with Gasteiger partial charge in [0.2, 0.25) is 5.91 Å². The molecule has 1 heterocycles. The molecular weight excluding hydrogens is 336 g/mol. The lowest BCUT2D eigenvalue weighted by atomic mass is 10.1. The molecule has 5 nitrogen and oxygen atoms in total. The molecule has 0 fully saturated rings. The van der Waals surface area contributed by atoms with Gasteiger partial charge in [-0.25, -0.2) is 4.79 Å². The summed E-state index contributed by atoms with van der Waals surface area (Å²) >= 11 is 1.82. The normalized spacial score (nSPS) is 13.1. The number of nitrogens with one attached hydrogen (secondary N) is 1. The molecule has 2 aromatic carbocycles. The summed E-state index contributed by atoms with van der Waals surface area (Å²) < 4.78 is 4.67. The first-order chi connectivity index (χ1) is 12.2. The summed E-state index contributed by atoms with van der Waals surface area (Å²) in [6, 6.07) is 15.2. The number of nitrogens with zero attached hydrogens (tertiary/aromatic N) is 1. The molecule has 0 saturated carbocycles. The van der Waals surface area contributed by atoms with Gasteiger partial charge in [-0.1, -0.05) is 24.3 Å². The average Bonchev–Trinajstić information content (AvgIpc) is 2.66. The number of ether oxygens (including phenoxy) is 1. The fourth-order valence-electron chi connectivity index (χ4n) is 2.70. The van der Waals surface area contributed by atoms with Crippen LogP contribution in [0.15, 0.2) is 53.4 Å². The van der Waals surface area contributed by atoms with Crippen molar-refractivity contribution in [1.29, 1.82) is 0 Å². The zero-order valence-electron chi connectivity index (χ0n) is 14.0. The van der Waals surface area contributed by atoms with Crippen LogP contribution in [0.3, 0.4) is 0 Å². The fraction of sp³-hybridized carbons (Fsp3) is 0.263. The van der Waals surface area contributed by atoms with Gasteiger partial charge >= 0.3 is 5.97 Å². The number of thioether (sulfide) groups is 1. The van der Waals surface area contributed by atoms with E-state index in [-0.39, 0.29) is 11.9 Å². The number of rotatable bonds is 5. The molecule has 130 valence electrons. The number of methoxy groups -OCH3 is 1. The van der Waals surface area contributed by atoms with Gasteiger partial charge in [0.1, 0.15) is 0 Å². The molecule has 0 unspecified atom stereocenters. The lowest BCUT2D eigenvalue weighted by Gasteiger charge is -2.30. The summed E-state index contributed by atoms with van der Waals surface area (Å²) in [5.74, 6) is 0.607. The van der Waals surface area contributed by atoms with Gasteiger partial charge in [-0.2, -0.15) is 0 Å². The van der Waals surface area contributed by atoms with Crippen molar-refractivity contribution < 1.29 is 14.3 Å². The van der Waals surface area contributed by atoms with Crippen molar-refractivity contribution >= 4 is 29.3 Å². The first-order valence-electron chi connectivity index (χ1n) is 8.08. The van der Waals surface area contributed by atoms with E-state index in [4.69, 9.17) is 0 Å². The van der Waals surface area contributed by atoms with Crippen molar-refractivity contribution in [1.82, 2.24) is 5.32 Å². The predicted octanol–water partition coefficient (Wildman–Crippen LogP) is 2.70.